The Kier molecular flexibility index (Phi) is 5.85. The second-order valence-electron chi connectivity index (χ2n) is 4.62. The van der Waals surface area contributed by atoms with Crippen LogP contribution in [-0.4, -0.2) is 19.6 Å². The number of hydrogen-bond acceptors (Lipinski definition) is 3. The van der Waals surface area contributed by atoms with E-state index in [2.05, 4.69) is 37.2 Å². The van der Waals surface area contributed by atoms with E-state index in [-0.39, 0.29) is 12.5 Å². The van der Waals surface area contributed by atoms with Gasteiger partial charge in [0.15, 0.2) is 6.61 Å². The molecule has 0 saturated carbocycles. The van der Waals surface area contributed by atoms with Crippen LogP contribution in [0.2, 0.25) is 0 Å². The van der Waals surface area contributed by atoms with Crippen molar-refractivity contribution in [2.75, 3.05) is 19.0 Å². The van der Waals surface area contributed by atoms with Crippen molar-refractivity contribution in [3.8, 4) is 11.5 Å². The number of methoxy groups -OCH3 is 1. The first-order valence-corrected chi connectivity index (χ1v) is 8.10. The van der Waals surface area contributed by atoms with Gasteiger partial charge in [-0.1, -0.05) is 22.0 Å². The molecule has 0 bridgehead atoms. The molecule has 0 saturated heterocycles. The molecule has 6 heteroatoms. The number of benzene rings is 2. The highest BCUT2D eigenvalue weighted by molar-refractivity contribution is 9.11. The summed E-state index contributed by atoms with van der Waals surface area (Å²) in [6, 6.07) is 11.1. The van der Waals surface area contributed by atoms with Gasteiger partial charge in [0.1, 0.15) is 11.5 Å². The van der Waals surface area contributed by atoms with Gasteiger partial charge < -0.3 is 14.8 Å². The number of anilines is 1. The number of amides is 1. The average molecular weight is 429 g/mol. The standard InChI is InChI=1S/C16H15Br2NO3/c1-10-3-5-15(21-2)13(7-10)19-16(20)9-22-14-6-4-11(17)8-12(14)18/h3-8H,9H2,1-2H3,(H,19,20). The molecule has 0 aliphatic heterocycles. The van der Waals surface area contributed by atoms with Crippen LogP contribution in [0.25, 0.3) is 0 Å². The zero-order valence-electron chi connectivity index (χ0n) is 12.2. The molecule has 0 aliphatic rings. The van der Waals surface area contributed by atoms with E-state index in [1.165, 1.54) is 0 Å². The number of ether oxygens (including phenoxy) is 2. The Morgan fingerprint density at radius 2 is 1.86 bits per heavy atom. The van der Waals surface area contributed by atoms with Crippen LogP contribution in [0.1, 0.15) is 5.56 Å². The van der Waals surface area contributed by atoms with Gasteiger partial charge in [-0.25, -0.2) is 0 Å². The summed E-state index contributed by atoms with van der Waals surface area (Å²) in [5.41, 5.74) is 1.67. The summed E-state index contributed by atoms with van der Waals surface area (Å²) in [6.45, 7) is 1.86. The zero-order chi connectivity index (χ0) is 16.1. The highest BCUT2D eigenvalue weighted by Gasteiger charge is 2.10. The van der Waals surface area contributed by atoms with Gasteiger partial charge in [-0.2, -0.15) is 0 Å². The van der Waals surface area contributed by atoms with E-state index < -0.39 is 0 Å². The molecule has 0 fully saturated rings. The van der Waals surface area contributed by atoms with Crippen LogP contribution in [0.15, 0.2) is 45.3 Å². The number of carbonyl (C=O) groups excluding carboxylic acids is 1. The number of aryl methyl sites for hydroxylation is 1. The van der Waals surface area contributed by atoms with Crippen molar-refractivity contribution in [3.63, 3.8) is 0 Å². The van der Waals surface area contributed by atoms with Crippen LogP contribution < -0.4 is 14.8 Å². The summed E-state index contributed by atoms with van der Waals surface area (Å²) in [4.78, 5) is 12.0. The molecule has 0 spiro atoms. The molecule has 0 unspecified atom stereocenters. The van der Waals surface area contributed by atoms with Gasteiger partial charge in [0.2, 0.25) is 0 Å². The summed E-state index contributed by atoms with van der Waals surface area (Å²) < 4.78 is 12.4. The predicted octanol–water partition coefficient (Wildman–Crippen LogP) is 4.55. The molecule has 1 N–H and O–H groups in total. The van der Waals surface area contributed by atoms with Crippen LogP contribution in [0, 0.1) is 6.92 Å². The minimum absolute atomic E-state index is 0.0860. The number of carbonyl (C=O) groups is 1. The van der Waals surface area contributed by atoms with Crippen molar-refractivity contribution < 1.29 is 14.3 Å². The molecular formula is C16H15Br2NO3. The first-order valence-electron chi connectivity index (χ1n) is 6.52. The largest absolute Gasteiger partial charge is 0.495 e. The van der Waals surface area contributed by atoms with E-state index >= 15 is 0 Å². The molecule has 2 aromatic rings. The molecular weight excluding hydrogens is 414 g/mol. The molecule has 0 aromatic heterocycles. The van der Waals surface area contributed by atoms with Gasteiger partial charge in [-0.3, -0.25) is 4.79 Å². The summed E-state index contributed by atoms with van der Waals surface area (Å²) in [5, 5.41) is 2.79. The summed E-state index contributed by atoms with van der Waals surface area (Å²) >= 11 is 6.75. The van der Waals surface area contributed by atoms with E-state index in [0.717, 1.165) is 14.5 Å². The lowest BCUT2D eigenvalue weighted by Crippen LogP contribution is -2.20. The van der Waals surface area contributed by atoms with Crippen molar-refractivity contribution in [2.45, 2.75) is 6.92 Å². The lowest BCUT2D eigenvalue weighted by molar-refractivity contribution is -0.118. The lowest BCUT2D eigenvalue weighted by atomic mass is 10.2. The van der Waals surface area contributed by atoms with Gasteiger partial charge in [-0.15, -0.1) is 0 Å². The molecule has 1 amide bonds. The van der Waals surface area contributed by atoms with Crippen molar-refractivity contribution in [2.24, 2.45) is 0 Å². The van der Waals surface area contributed by atoms with Crippen molar-refractivity contribution >= 4 is 43.5 Å². The van der Waals surface area contributed by atoms with Crippen LogP contribution in [0.4, 0.5) is 5.69 Å². The minimum Gasteiger partial charge on any atom is -0.495 e. The Labute approximate surface area is 146 Å². The lowest BCUT2D eigenvalue weighted by Gasteiger charge is -2.12. The first-order chi connectivity index (χ1) is 10.5. The Morgan fingerprint density at radius 1 is 1.14 bits per heavy atom. The van der Waals surface area contributed by atoms with Crippen molar-refractivity contribution in [3.05, 3.63) is 50.9 Å². The Hall–Kier alpha value is -1.53. The van der Waals surface area contributed by atoms with E-state index in [0.29, 0.717) is 17.2 Å². The van der Waals surface area contributed by atoms with Crippen LogP contribution in [0.5, 0.6) is 11.5 Å². The number of rotatable bonds is 5. The molecule has 0 radical (unpaired) electrons. The summed E-state index contributed by atoms with van der Waals surface area (Å²) in [5.74, 6) is 0.969. The molecule has 22 heavy (non-hydrogen) atoms. The third kappa shape index (κ3) is 4.48. The van der Waals surface area contributed by atoms with Gasteiger partial charge in [0, 0.05) is 4.47 Å². The highest BCUT2D eigenvalue weighted by Crippen LogP contribution is 2.28. The van der Waals surface area contributed by atoms with E-state index in [4.69, 9.17) is 9.47 Å². The maximum Gasteiger partial charge on any atom is 0.262 e. The normalized spacial score (nSPS) is 10.2. The summed E-state index contributed by atoms with van der Waals surface area (Å²) in [6.07, 6.45) is 0. The Balaban J connectivity index is 2.00. The monoisotopic (exact) mass is 427 g/mol. The Bertz CT molecular complexity index is 689. The molecule has 2 rings (SSSR count). The summed E-state index contributed by atoms with van der Waals surface area (Å²) in [7, 11) is 1.57. The van der Waals surface area contributed by atoms with Gasteiger partial charge >= 0.3 is 0 Å². The molecule has 116 valence electrons. The van der Waals surface area contributed by atoms with Crippen molar-refractivity contribution in [1.82, 2.24) is 0 Å². The average Bonchev–Trinajstić information content (AvgIpc) is 2.46. The zero-order valence-corrected chi connectivity index (χ0v) is 15.3. The van der Waals surface area contributed by atoms with Gasteiger partial charge in [0.05, 0.1) is 17.3 Å². The SMILES string of the molecule is COc1ccc(C)cc1NC(=O)COc1ccc(Br)cc1Br. The first kappa shape index (κ1) is 16.8. The second kappa shape index (κ2) is 7.65. The number of nitrogens with one attached hydrogen (secondary N) is 1. The fourth-order valence-corrected chi connectivity index (χ4v) is 3.00. The van der Waals surface area contributed by atoms with Gasteiger partial charge in [-0.05, 0) is 58.7 Å². The second-order valence-corrected chi connectivity index (χ2v) is 6.39. The molecule has 2 aromatic carbocycles. The molecule has 4 nitrogen and oxygen atoms in total. The quantitative estimate of drug-likeness (QED) is 0.759. The van der Waals surface area contributed by atoms with E-state index in [9.17, 15) is 4.79 Å². The highest BCUT2D eigenvalue weighted by atomic mass is 79.9. The fraction of sp³-hybridized carbons (Fsp3) is 0.188. The third-order valence-electron chi connectivity index (χ3n) is 2.88. The maximum atomic E-state index is 12.0. The molecule has 0 atom stereocenters. The Morgan fingerprint density at radius 3 is 2.55 bits per heavy atom. The molecule has 0 heterocycles. The van der Waals surface area contributed by atoms with Crippen LogP contribution in [0.3, 0.4) is 0 Å². The minimum atomic E-state index is -0.251. The van der Waals surface area contributed by atoms with Crippen LogP contribution in [-0.2, 0) is 4.79 Å². The van der Waals surface area contributed by atoms with Crippen molar-refractivity contribution in [1.29, 1.82) is 0 Å². The van der Waals surface area contributed by atoms with E-state index in [1.807, 2.05) is 37.3 Å². The smallest absolute Gasteiger partial charge is 0.262 e. The predicted molar refractivity (Wildman–Crippen MR) is 93.7 cm³/mol. The number of halogens is 2. The molecule has 0 aliphatic carbocycles. The maximum absolute atomic E-state index is 12.0. The van der Waals surface area contributed by atoms with Gasteiger partial charge in [0.25, 0.3) is 5.91 Å². The van der Waals surface area contributed by atoms with Crippen LogP contribution >= 0.6 is 31.9 Å². The van der Waals surface area contributed by atoms with E-state index in [1.54, 1.807) is 13.2 Å². The fourth-order valence-electron chi connectivity index (χ4n) is 1.84. The number of hydrogen-bond donors (Lipinski definition) is 1. The topological polar surface area (TPSA) is 47.6 Å². The third-order valence-corrected chi connectivity index (χ3v) is 3.99.